The van der Waals surface area contributed by atoms with Crippen LogP contribution in [0.15, 0.2) is 40.0 Å². The number of halogens is 1. The van der Waals surface area contributed by atoms with Gasteiger partial charge in [-0.25, -0.2) is 17.5 Å². The summed E-state index contributed by atoms with van der Waals surface area (Å²) in [6.45, 7) is -0.130. The molecule has 0 amide bonds. The first-order valence-electron chi connectivity index (χ1n) is 5.55. The van der Waals surface area contributed by atoms with E-state index in [0.29, 0.717) is 11.6 Å². The molecule has 0 atom stereocenters. The van der Waals surface area contributed by atoms with Crippen molar-refractivity contribution >= 4 is 21.4 Å². The highest BCUT2D eigenvalue weighted by Gasteiger charge is 2.25. The van der Waals surface area contributed by atoms with Crippen LogP contribution in [0.25, 0.3) is 0 Å². The Balaban J connectivity index is 2.33. The number of hydrogen-bond acceptors (Lipinski definition) is 6. The number of benzene rings is 1. The Kier molecular flexibility index (Phi) is 3.91. The Morgan fingerprint density at radius 3 is 2.67 bits per heavy atom. The van der Waals surface area contributed by atoms with Gasteiger partial charge in [0.1, 0.15) is 4.90 Å². The highest BCUT2D eigenvalue weighted by atomic mass is 32.2. The van der Waals surface area contributed by atoms with Crippen molar-refractivity contribution in [2.24, 2.45) is 0 Å². The van der Waals surface area contributed by atoms with Gasteiger partial charge in [-0.3, -0.25) is 10.1 Å². The maximum Gasteiger partial charge on any atom is 0.274 e. The van der Waals surface area contributed by atoms with Crippen molar-refractivity contribution < 1.29 is 22.1 Å². The smallest absolute Gasteiger partial charge is 0.274 e. The van der Waals surface area contributed by atoms with Gasteiger partial charge >= 0.3 is 0 Å². The largest absolute Gasteiger partial charge is 0.472 e. The average molecular weight is 315 g/mol. The second-order valence-electron chi connectivity index (χ2n) is 4.06. The lowest BCUT2D eigenvalue weighted by Gasteiger charge is -2.09. The Morgan fingerprint density at radius 1 is 1.43 bits per heavy atom. The molecule has 0 radical (unpaired) electrons. The summed E-state index contributed by atoms with van der Waals surface area (Å²) in [5.41, 5.74) is 4.77. The molecule has 0 bridgehead atoms. The van der Waals surface area contributed by atoms with Gasteiger partial charge < -0.3 is 10.2 Å². The van der Waals surface area contributed by atoms with E-state index >= 15 is 0 Å². The normalized spacial score (nSPS) is 11.5. The zero-order valence-electron chi connectivity index (χ0n) is 10.4. The molecule has 0 aliphatic heterocycles. The topological polar surface area (TPSA) is 128 Å². The molecule has 112 valence electrons. The first kappa shape index (κ1) is 14.9. The molecule has 0 saturated heterocycles. The minimum atomic E-state index is -4.25. The zero-order chi connectivity index (χ0) is 15.6. The fraction of sp³-hybridized carbons (Fsp3) is 0.0909. The summed E-state index contributed by atoms with van der Waals surface area (Å²) in [7, 11) is -4.25. The molecule has 2 rings (SSSR count). The van der Waals surface area contributed by atoms with Crippen molar-refractivity contribution in [3.05, 3.63) is 52.2 Å². The SMILES string of the molecule is Nc1cc([N+](=O)[O-])cc(F)c1S(=O)(=O)NCc1ccoc1. The van der Waals surface area contributed by atoms with Gasteiger partial charge in [0.05, 0.1) is 29.2 Å². The van der Waals surface area contributed by atoms with Crippen molar-refractivity contribution in [2.75, 3.05) is 5.73 Å². The molecule has 21 heavy (non-hydrogen) atoms. The van der Waals surface area contributed by atoms with Crippen molar-refractivity contribution in [1.29, 1.82) is 0 Å². The van der Waals surface area contributed by atoms with Gasteiger partial charge in [-0.05, 0) is 6.07 Å². The number of sulfonamides is 1. The monoisotopic (exact) mass is 315 g/mol. The van der Waals surface area contributed by atoms with E-state index < -0.39 is 37.0 Å². The second-order valence-corrected chi connectivity index (χ2v) is 5.76. The van der Waals surface area contributed by atoms with Crippen molar-refractivity contribution in [3.8, 4) is 0 Å². The Labute approximate surface area is 118 Å². The molecule has 1 aromatic heterocycles. The molecule has 1 heterocycles. The lowest BCUT2D eigenvalue weighted by molar-refractivity contribution is -0.385. The summed E-state index contributed by atoms with van der Waals surface area (Å²) < 4.78 is 44.7. The van der Waals surface area contributed by atoms with E-state index in [1.54, 1.807) is 0 Å². The minimum absolute atomic E-state index is 0.130. The van der Waals surface area contributed by atoms with Gasteiger partial charge in [-0.15, -0.1) is 0 Å². The summed E-state index contributed by atoms with van der Waals surface area (Å²) in [6, 6.07) is 2.82. The molecule has 0 aliphatic rings. The first-order chi connectivity index (χ1) is 9.81. The number of nitrogens with one attached hydrogen (secondary N) is 1. The zero-order valence-corrected chi connectivity index (χ0v) is 11.3. The van der Waals surface area contributed by atoms with Crippen LogP contribution in [-0.2, 0) is 16.6 Å². The number of nitrogens with two attached hydrogens (primary N) is 1. The molecule has 0 fully saturated rings. The number of hydrogen-bond donors (Lipinski definition) is 2. The van der Waals surface area contributed by atoms with Crippen LogP contribution >= 0.6 is 0 Å². The van der Waals surface area contributed by atoms with Crippen LogP contribution in [0, 0.1) is 15.9 Å². The van der Waals surface area contributed by atoms with Crippen LogP contribution < -0.4 is 10.5 Å². The van der Waals surface area contributed by atoms with Gasteiger partial charge in [-0.1, -0.05) is 0 Å². The van der Waals surface area contributed by atoms with Crippen LogP contribution in [0.2, 0.25) is 0 Å². The van der Waals surface area contributed by atoms with Gasteiger partial charge in [0, 0.05) is 18.2 Å². The van der Waals surface area contributed by atoms with E-state index in [9.17, 15) is 22.9 Å². The van der Waals surface area contributed by atoms with E-state index in [0.717, 1.165) is 6.07 Å². The van der Waals surface area contributed by atoms with E-state index in [4.69, 9.17) is 10.2 Å². The molecule has 0 aliphatic carbocycles. The quantitative estimate of drug-likeness (QED) is 0.487. The van der Waals surface area contributed by atoms with Crippen molar-refractivity contribution in [2.45, 2.75) is 11.4 Å². The molecule has 8 nitrogen and oxygen atoms in total. The van der Waals surface area contributed by atoms with Crippen LogP contribution in [0.5, 0.6) is 0 Å². The third kappa shape index (κ3) is 3.17. The number of furan rings is 1. The lowest BCUT2D eigenvalue weighted by Crippen LogP contribution is -2.25. The fourth-order valence-electron chi connectivity index (χ4n) is 1.63. The van der Waals surface area contributed by atoms with E-state index in [2.05, 4.69) is 4.72 Å². The predicted molar refractivity (Wildman–Crippen MR) is 70.2 cm³/mol. The standard InChI is InChI=1S/C11H10FN3O5S/c12-9-3-8(15(16)17)4-10(13)11(9)21(18,19)14-5-7-1-2-20-6-7/h1-4,6,14H,5,13H2. The highest BCUT2D eigenvalue weighted by Crippen LogP contribution is 2.27. The molecule has 0 spiro atoms. The van der Waals surface area contributed by atoms with Gasteiger partial charge in [0.2, 0.25) is 10.0 Å². The second kappa shape index (κ2) is 5.50. The van der Waals surface area contributed by atoms with Crippen molar-refractivity contribution in [3.63, 3.8) is 0 Å². The average Bonchev–Trinajstić information content (AvgIpc) is 2.88. The first-order valence-corrected chi connectivity index (χ1v) is 7.04. The van der Waals surface area contributed by atoms with Crippen LogP contribution in [0.1, 0.15) is 5.56 Å². The van der Waals surface area contributed by atoms with E-state index in [-0.39, 0.29) is 6.54 Å². The van der Waals surface area contributed by atoms with Gasteiger partial charge in [0.25, 0.3) is 5.69 Å². The maximum absolute atomic E-state index is 13.8. The highest BCUT2D eigenvalue weighted by molar-refractivity contribution is 7.89. The van der Waals surface area contributed by atoms with Crippen LogP contribution in [-0.4, -0.2) is 13.3 Å². The number of nitrogens with zero attached hydrogens (tertiary/aromatic N) is 1. The fourth-order valence-corrected chi connectivity index (χ4v) is 2.82. The van der Waals surface area contributed by atoms with Gasteiger partial charge in [-0.2, -0.15) is 0 Å². The maximum atomic E-state index is 13.8. The van der Waals surface area contributed by atoms with E-state index in [1.807, 2.05) is 0 Å². The number of anilines is 1. The third-order valence-electron chi connectivity index (χ3n) is 2.58. The van der Waals surface area contributed by atoms with E-state index in [1.165, 1.54) is 18.6 Å². The lowest BCUT2D eigenvalue weighted by atomic mass is 10.3. The molecule has 1 aromatic carbocycles. The van der Waals surface area contributed by atoms with Gasteiger partial charge in [0.15, 0.2) is 5.82 Å². The minimum Gasteiger partial charge on any atom is -0.472 e. The Hall–Kier alpha value is -2.46. The summed E-state index contributed by atoms with van der Waals surface area (Å²) >= 11 is 0. The summed E-state index contributed by atoms with van der Waals surface area (Å²) in [4.78, 5) is 8.87. The third-order valence-corrected chi connectivity index (χ3v) is 4.08. The molecular weight excluding hydrogens is 305 g/mol. The Bertz CT molecular complexity index is 750. The number of nitro groups is 1. The summed E-state index contributed by atoms with van der Waals surface area (Å²) in [6.07, 6.45) is 2.67. The summed E-state index contributed by atoms with van der Waals surface area (Å²) in [5.74, 6) is -1.29. The van der Waals surface area contributed by atoms with Crippen LogP contribution in [0.4, 0.5) is 15.8 Å². The molecule has 3 N–H and O–H groups in total. The Morgan fingerprint density at radius 2 is 2.14 bits per heavy atom. The molecule has 0 unspecified atom stereocenters. The van der Waals surface area contributed by atoms with Crippen molar-refractivity contribution in [1.82, 2.24) is 4.72 Å². The number of nitro benzene ring substituents is 1. The number of rotatable bonds is 5. The molecule has 0 saturated carbocycles. The molecule has 2 aromatic rings. The number of non-ortho nitro benzene ring substituents is 1. The molecule has 10 heteroatoms. The van der Waals surface area contributed by atoms with Crippen LogP contribution in [0.3, 0.4) is 0 Å². The molecular formula is C11H10FN3O5S. The predicted octanol–water partition coefficient (Wildman–Crippen LogP) is 1.39. The summed E-state index contributed by atoms with van der Waals surface area (Å²) in [5, 5.41) is 10.6. The number of nitrogen functional groups attached to an aromatic ring is 1.